The van der Waals surface area contributed by atoms with Gasteiger partial charge in [-0.15, -0.1) is 0 Å². The van der Waals surface area contributed by atoms with Crippen molar-refractivity contribution in [2.24, 2.45) is 0 Å². The van der Waals surface area contributed by atoms with Crippen LogP contribution in [0.1, 0.15) is 20.7 Å². The topological polar surface area (TPSA) is 53.9 Å². The van der Waals surface area contributed by atoms with E-state index < -0.39 is 0 Å². The molecule has 154 valence electrons. The van der Waals surface area contributed by atoms with Crippen LogP contribution in [0.25, 0.3) is 0 Å². The second-order valence-corrected chi connectivity index (χ2v) is 8.48. The molecule has 1 saturated heterocycles. The number of amides is 2. The van der Waals surface area contributed by atoms with E-state index in [9.17, 15) is 9.59 Å². The molecular formula is C20H20Cl4N3O2+. The quantitative estimate of drug-likeness (QED) is 0.698. The first-order valence-electron chi connectivity index (χ1n) is 9.16. The van der Waals surface area contributed by atoms with Gasteiger partial charge in [-0.2, -0.15) is 0 Å². The Bertz CT molecular complexity index is 912. The smallest absolute Gasteiger partial charge is 0.255 e. The van der Waals surface area contributed by atoms with E-state index in [0.717, 1.165) is 19.6 Å². The highest BCUT2D eigenvalue weighted by Gasteiger charge is 2.25. The number of benzene rings is 2. The second kappa shape index (κ2) is 10.0. The number of rotatable bonds is 5. The number of nitrogens with one attached hydrogen (secondary N) is 2. The second-order valence-electron chi connectivity index (χ2n) is 6.80. The Kier molecular flexibility index (Phi) is 7.66. The number of piperazine rings is 1. The third kappa shape index (κ3) is 5.77. The van der Waals surface area contributed by atoms with Gasteiger partial charge < -0.3 is 15.1 Å². The Morgan fingerprint density at radius 1 is 0.897 bits per heavy atom. The summed E-state index contributed by atoms with van der Waals surface area (Å²) < 4.78 is 0. The predicted molar refractivity (Wildman–Crippen MR) is 117 cm³/mol. The number of nitrogens with zero attached hydrogens (tertiary/aromatic N) is 1. The molecule has 2 N–H and O–H groups in total. The van der Waals surface area contributed by atoms with Crippen LogP contribution in [0.4, 0.5) is 0 Å². The molecular weight excluding hydrogens is 456 g/mol. The van der Waals surface area contributed by atoms with Gasteiger partial charge in [0.2, 0.25) is 0 Å². The largest absolute Gasteiger partial charge is 0.346 e. The van der Waals surface area contributed by atoms with Crippen LogP contribution in [0, 0.1) is 0 Å². The number of halogens is 4. The fraction of sp³-hybridized carbons (Fsp3) is 0.300. The van der Waals surface area contributed by atoms with Gasteiger partial charge in [-0.1, -0.05) is 46.4 Å². The molecule has 0 saturated carbocycles. The predicted octanol–water partition coefficient (Wildman–Crippen LogP) is 3.07. The monoisotopic (exact) mass is 474 g/mol. The van der Waals surface area contributed by atoms with E-state index in [4.69, 9.17) is 46.4 Å². The molecule has 0 atom stereocenters. The van der Waals surface area contributed by atoms with Gasteiger partial charge in [-0.25, -0.2) is 0 Å². The summed E-state index contributed by atoms with van der Waals surface area (Å²) in [6.45, 7) is 4.14. The van der Waals surface area contributed by atoms with Gasteiger partial charge in [0.1, 0.15) is 0 Å². The minimum Gasteiger partial charge on any atom is -0.346 e. The molecule has 0 aromatic heterocycles. The first kappa shape index (κ1) is 22.2. The van der Waals surface area contributed by atoms with Crippen molar-refractivity contribution in [2.75, 3.05) is 39.3 Å². The molecule has 1 heterocycles. The molecule has 2 amide bonds. The average molecular weight is 476 g/mol. The van der Waals surface area contributed by atoms with Gasteiger partial charge >= 0.3 is 0 Å². The minimum atomic E-state index is -0.225. The summed E-state index contributed by atoms with van der Waals surface area (Å²) in [6, 6.07) is 9.69. The highest BCUT2D eigenvalue weighted by Crippen LogP contribution is 2.22. The van der Waals surface area contributed by atoms with E-state index in [0.29, 0.717) is 50.9 Å². The zero-order chi connectivity index (χ0) is 21.0. The minimum absolute atomic E-state index is 0.0867. The van der Waals surface area contributed by atoms with Crippen LogP contribution in [0.5, 0.6) is 0 Å². The van der Waals surface area contributed by atoms with Crippen LogP contribution < -0.4 is 10.2 Å². The number of carbonyl (C=O) groups is 2. The van der Waals surface area contributed by atoms with Gasteiger partial charge in [0.25, 0.3) is 11.8 Å². The summed E-state index contributed by atoms with van der Waals surface area (Å²) in [5, 5.41) is 4.56. The summed E-state index contributed by atoms with van der Waals surface area (Å²) in [7, 11) is 0. The molecule has 0 bridgehead atoms. The van der Waals surface area contributed by atoms with Crippen LogP contribution in [-0.2, 0) is 0 Å². The zero-order valence-electron chi connectivity index (χ0n) is 15.5. The highest BCUT2D eigenvalue weighted by molar-refractivity contribution is 6.37. The Hall–Kier alpha value is -1.50. The molecule has 0 unspecified atom stereocenters. The number of quaternary nitrogens is 1. The molecule has 5 nitrogen and oxygen atoms in total. The third-order valence-corrected chi connectivity index (χ3v) is 5.95. The SMILES string of the molecule is O=C(NCC[NH+]1CCN(C(=O)c2ccc(Cl)cc2Cl)CC1)c1ccc(Cl)cc1Cl. The molecule has 1 fully saturated rings. The van der Waals surface area contributed by atoms with Crippen molar-refractivity contribution in [3.63, 3.8) is 0 Å². The van der Waals surface area contributed by atoms with Crippen molar-refractivity contribution in [3.05, 3.63) is 67.6 Å². The van der Waals surface area contributed by atoms with Crippen molar-refractivity contribution < 1.29 is 14.5 Å². The maximum absolute atomic E-state index is 12.7. The lowest BCUT2D eigenvalue weighted by molar-refractivity contribution is -0.902. The molecule has 2 aromatic rings. The van der Waals surface area contributed by atoms with Crippen LogP contribution >= 0.6 is 46.4 Å². The molecule has 1 aliphatic heterocycles. The van der Waals surface area contributed by atoms with Crippen LogP contribution in [-0.4, -0.2) is 56.0 Å². The Balaban J connectivity index is 1.45. The van der Waals surface area contributed by atoms with Gasteiger partial charge in [-0.3, -0.25) is 9.59 Å². The van der Waals surface area contributed by atoms with E-state index in [1.165, 1.54) is 4.90 Å². The average Bonchev–Trinajstić information content (AvgIpc) is 2.68. The van der Waals surface area contributed by atoms with Crippen molar-refractivity contribution >= 4 is 58.2 Å². The maximum Gasteiger partial charge on any atom is 0.255 e. The molecule has 0 spiro atoms. The van der Waals surface area contributed by atoms with Crippen molar-refractivity contribution in [3.8, 4) is 0 Å². The molecule has 3 rings (SSSR count). The lowest BCUT2D eigenvalue weighted by Gasteiger charge is -2.32. The van der Waals surface area contributed by atoms with Crippen LogP contribution in [0.2, 0.25) is 20.1 Å². The summed E-state index contributed by atoms with van der Waals surface area (Å²) >= 11 is 24.0. The first-order valence-corrected chi connectivity index (χ1v) is 10.7. The third-order valence-electron chi connectivity index (χ3n) is 4.86. The van der Waals surface area contributed by atoms with Crippen LogP contribution in [0.15, 0.2) is 36.4 Å². The molecule has 1 aliphatic rings. The summed E-state index contributed by atoms with van der Waals surface area (Å²) in [5.74, 6) is -0.311. The number of hydrogen-bond donors (Lipinski definition) is 2. The normalized spacial score (nSPS) is 14.7. The fourth-order valence-corrected chi connectivity index (χ4v) is 4.21. The number of hydrogen-bond acceptors (Lipinski definition) is 2. The van der Waals surface area contributed by atoms with E-state index in [1.807, 2.05) is 0 Å². The highest BCUT2D eigenvalue weighted by atomic mass is 35.5. The lowest BCUT2D eigenvalue weighted by Crippen LogP contribution is -3.15. The fourth-order valence-electron chi connectivity index (χ4n) is 3.23. The lowest BCUT2D eigenvalue weighted by atomic mass is 10.1. The van der Waals surface area contributed by atoms with Gasteiger partial charge in [-0.05, 0) is 36.4 Å². The van der Waals surface area contributed by atoms with Crippen LogP contribution in [0.3, 0.4) is 0 Å². The van der Waals surface area contributed by atoms with Gasteiger partial charge in [0.15, 0.2) is 0 Å². The maximum atomic E-state index is 12.7. The van der Waals surface area contributed by atoms with E-state index in [2.05, 4.69) is 5.32 Å². The molecule has 29 heavy (non-hydrogen) atoms. The zero-order valence-corrected chi connectivity index (χ0v) is 18.5. The first-order chi connectivity index (χ1) is 13.8. The number of carbonyl (C=O) groups excluding carboxylic acids is 2. The van der Waals surface area contributed by atoms with Gasteiger partial charge in [0, 0.05) is 10.0 Å². The van der Waals surface area contributed by atoms with Crippen molar-refractivity contribution in [1.82, 2.24) is 10.2 Å². The molecule has 0 aliphatic carbocycles. The summed E-state index contributed by atoms with van der Waals surface area (Å²) in [6.07, 6.45) is 0. The van der Waals surface area contributed by atoms with Crippen molar-refractivity contribution in [2.45, 2.75) is 0 Å². The van der Waals surface area contributed by atoms with E-state index >= 15 is 0 Å². The Morgan fingerprint density at radius 3 is 2.00 bits per heavy atom. The Morgan fingerprint density at radius 2 is 1.45 bits per heavy atom. The van der Waals surface area contributed by atoms with E-state index in [1.54, 1.807) is 41.3 Å². The standard InChI is InChI=1S/C20H19Cl4N3O2/c21-13-1-3-15(17(23)11-13)19(28)25-5-6-26-7-9-27(10-8-26)20(29)16-4-2-14(22)12-18(16)24/h1-4,11-12H,5-10H2,(H,25,28)/p+1. The van der Waals surface area contributed by atoms with E-state index in [-0.39, 0.29) is 11.8 Å². The van der Waals surface area contributed by atoms with Crippen molar-refractivity contribution in [1.29, 1.82) is 0 Å². The summed E-state index contributed by atoms with van der Waals surface area (Å²) in [5.41, 5.74) is 0.868. The molecule has 0 radical (unpaired) electrons. The molecule has 2 aromatic carbocycles. The summed E-state index contributed by atoms with van der Waals surface area (Å²) in [4.78, 5) is 28.0. The Labute approximate surface area is 189 Å². The van der Waals surface area contributed by atoms with Gasteiger partial charge in [0.05, 0.1) is 60.4 Å². The molecule has 9 heteroatoms.